The van der Waals surface area contributed by atoms with Crippen LogP contribution < -0.4 is 0 Å². The van der Waals surface area contributed by atoms with E-state index in [1.54, 1.807) is 17.0 Å². The maximum atomic E-state index is 13.8. The van der Waals surface area contributed by atoms with Gasteiger partial charge in [0, 0.05) is 37.7 Å². The number of benzene rings is 1. The van der Waals surface area contributed by atoms with E-state index in [1.807, 2.05) is 13.0 Å². The zero-order valence-corrected chi connectivity index (χ0v) is 14.2. The molecule has 0 radical (unpaired) electrons. The van der Waals surface area contributed by atoms with Crippen LogP contribution in [0, 0.1) is 5.82 Å². The van der Waals surface area contributed by atoms with Crippen molar-refractivity contribution in [2.24, 2.45) is 0 Å². The summed E-state index contributed by atoms with van der Waals surface area (Å²) in [6, 6.07) is 7.09. The van der Waals surface area contributed by atoms with E-state index >= 15 is 0 Å². The first-order valence-electron chi connectivity index (χ1n) is 8.40. The molecule has 23 heavy (non-hydrogen) atoms. The Morgan fingerprint density at radius 1 is 1.39 bits per heavy atom. The molecule has 1 aliphatic heterocycles. The van der Waals surface area contributed by atoms with Crippen molar-refractivity contribution in [1.29, 1.82) is 0 Å². The fraction of sp³-hybridized carbons (Fsp3) is 0.526. The molecule has 3 nitrogen and oxygen atoms in total. The Morgan fingerprint density at radius 2 is 2.13 bits per heavy atom. The fourth-order valence-electron chi connectivity index (χ4n) is 3.23. The molecule has 1 aliphatic rings. The number of hydrogen-bond donors (Lipinski definition) is 0. The van der Waals surface area contributed by atoms with Crippen LogP contribution in [0.25, 0.3) is 0 Å². The van der Waals surface area contributed by atoms with Crippen molar-refractivity contribution in [3.8, 4) is 0 Å². The maximum absolute atomic E-state index is 13.8. The topological polar surface area (TPSA) is 23.6 Å². The van der Waals surface area contributed by atoms with Crippen LogP contribution in [0.4, 0.5) is 4.39 Å². The number of nitrogens with zero attached hydrogens (tertiary/aromatic N) is 2. The number of hydrogen-bond acceptors (Lipinski definition) is 2. The van der Waals surface area contributed by atoms with Gasteiger partial charge in [-0.15, -0.1) is 0 Å². The zero-order valence-electron chi connectivity index (χ0n) is 14.2. The molecule has 1 atom stereocenters. The third-order valence-corrected chi connectivity index (χ3v) is 4.49. The van der Waals surface area contributed by atoms with Crippen LogP contribution in [-0.4, -0.2) is 41.4 Å². The minimum absolute atomic E-state index is 0.127. The zero-order chi connectivity index (χ0) is 16.8. The number of carbonyl (C=O) groups excluding carboxylic acids is 1. The molecule has 126 valence electrons. The van der Waals surface area contributed by atoms with Crippen molar-refractivity contribution in [3.63, 3.8) is 0 Å². The average molecular weight is 318 g/mol. The first-order valence-corrected chi connectivity index (χ1v) is 8.40. The highest BCUT2D eigenvalue weighted by Crippen LogP contribution is 2.20. The third-order valence-electron chi connectivity index (χ3n) is 4.49. The summed E-state index contributed by atoms with van der Waals surface area (Å²) in [5, 5.41) is 0. The molecule has 0 bridgehead atoms. The SMILES string of the molecule is C=C(C)CN(CC)C1CCC(=O)N(Cc2ccccc2F)CC1. The molecule has 1 amide bonds. The van der Waals surface area contributed by atoms with Gasteiger partial charge in [-0.05, 0) is 32.4 Å². The van der Waals surface area contributed by atoms with Crippen molar-refractivity contribution in [1.82, 2.24) is 9.80 Å². The number of likely N-dealkylation sites (tertiary alicyclic amines) is 1. The molecule has 0 saturated carbocycles. The number of amides is 1. The van der Waals surface area contributed by atoms with Gasteiger partial charge >= 0.3 is 0 Å². The van der Waals surface area contributed by atoms with Gasteiger partial charge in [-0.2, -0.15) is 0 Å². The lowest BCUT2D eigenvalue weighted by Gasteiger charge is -2.30. The van der Waals surface area contributed by atoms with Crippen molar-refractivity contribution in [2.75, 3.05) is 19.6 Å². The van der Waals surface area contributed by atoms with E-state index in [-0.39, 0.29) is 11.7 Å². The molecule has 2 rings (SSSR count). The lowest BCUT2D eigenvalue weighted by atomic mass is 10.1. The van der Waals surface area contributed by atoms with Gasteiger partial charge in [0.1, 0.15) is 5.82 Å². The van der Waals surface area contributed by atoms with Gasteiger partial charge in [0.15, 0.2) is 0 Å². The van der Waals surface area contributed by atoms with Crippen LogP contribution in [0.5, 0.6) is 0 Å². The monoisotopic (exact) mass is 318 g/mol. The molecule has 1 fully saturated rings. The maximum Gasteiger partial charge on any atom is 0.222 e. The van der Waals surface area contributed by atoms with E-state index in [0.29, 0.717) is 31.1 Å². The van der Waals surface area contributed by atoms with E-state index in [2.05, 4.69) is 18.4 Å². The molecular weight excluding hydrogens is 291 g/mol. The molecule has 1 saturated heterocycles. The summed E-state index contributed by atoms with van der Waals surface area (Å²) >= 11 is 0. The van der Waals surface area contributed by atoms with Crippen LogP contribution in [0.3, 0.4) is 0 Å². The molecule has 0 N–H and O–H groups in total. The second kappa shape index (κ2) is 8.25. The average Bonchev–Trinajstić information content (AvgIpc) is 2.70. The quantitative estimate of drug-likeness (QED) is 0.748. The van der Waals surface area contributed by atoms with Gasteiger partial charge in [-0.3, -0.25) is 9.69 Å². The van der Waals surface area contributed by atoms with Crippen molar-refractivity contribution in [2.45, 2.75) is 45.7 Å². The molecular formula is C19H27FN2O. The first-order chi connectivity index (χ1) is 11.0. The van der Waals surface area contributed by atoms with E-state index in [9.17, 15) is 9.18 Å². The fourth-order valence-corrected chi connectivity index (χ4v) is 3.23. The van der Waals surface area contributed by atoms with Gasteiger partial charge in [0.05, 0.1) is 0 Å². The van der Waals surface area contributed by atoms with Gasteiger partial charge in [-0.1, -0.05) is 37.3 Å². The molecule has 0 spiro atoms. The summed E-state index contributed by atoms with van der Waals surface area (Å²) in [6.07, 6.45) is 2.33. The minimum Gasteiger partial charge on any atom is -0.338 e. The van der Waals surface area contributed by atoms with Crippen LogP contribution in [0.15, 0.2) is 36.4 Å². The largest absolute Gasteiger partial charge is 0.338 e. The Kier molecular flexibility index (Phi) is 6.34. The molecule has 1 heterocycles. The van der Waals surface area contributed by atoms with Crippen LogP contribution >= 0.6 is 0 Å². The number of halogens is 1. The minimum atomic E-state index is -0.237. The van der Waals surface area contributed by atoms with Crippen molar-refractivity contribution < 1.29 is 9.18 Å². The van der Waals surface area contributed by atoms with Crippen molar-refractivity contribution in [3.05, 3.63) is 47.8 Å². The number of rotatable bonds is 6. The summed E-state index contributed by atoms with van der Waals surface area (Å²) in [5.74, 6) is -0.110. The Balaban J connectivity index is 2.02. The Labute approximate surface area is 138 Å². The Morgan fingerprint density at radius 3 is 2.78 bits per heavy atom. The highest BCUT2D eigenvalue weighted by molar-refractivity contribution is 5.76. The second-order valence-corrected chi connectivity index (χ2v) is 6.41. The van der Waals surface area contributed by atoms with Gasteiger partial charge < -0.3 is 4.90 Å². The lowest BCUT2D eigenvalue weighted by Crippen LogP contribution is -2.37. The number of likely N-dealkylation sites (N-methyl/N-ethyl adjacent to an activating group) is 1. The van der Waals surface area contributed by atoms with Crippen LogP contribution in [0.2, 0.25) is 0 Å². The lowest BCUT2D eigenvalue weighted by molar-refractivity contribution is -0.131. The van der Waals surface area contributed by atoms with Crippen molar-refractivity contribution >= 4 is 5.91 Å². The van der Waals surface area contributed by atoms with E-state index < -0.39 is 0 Å². The third kappa shape index (κ3) is 4.90. The second-order valence-electron chi connectivity index (χ2n) is 6.41. The van der Waals surface area contributed by atoms with E-state index in [1.165, 1.54) is 6.07 Å². The molecule has 0 aliphatic carbocycles. The predicted octanol–water partition coefficient (Wildman–Crippen LogP) is 3.60. The van der Waals surface area contributed by atoms with Crippen LogP contribution in [-0.2, 0) is 11.3 Å². The molecule has 4 heteroatoms. The molecule has 1 unspecified atom stereocenters. The highest BCUT2D eigenvalue weighted by Gasteiger charge is 2.26. The Bertz CT molecular complexity index is 558. The summed E-state index contributed by atoms with van der Waals surface area (Å²) in [6.45, 7) is 11.1. The first kappa shape index (κ1) is 17.7. The standard InChI is InChI=1S/C19H27FN2O/c1-4-21(13-15(2)3)17-9-10-19(23)22(12-11-17)14-16-7-5-6-8-18(16)20/h5-8,17H,2,4,9-14H2,1,3H3. The molecule has 0 aromatic heterocycles. The van der Waals surface area contributed by atoms with Gasteiger partial charge in [0.25, 0.3) is 0 Å². The smallest absolute Gasteiger partial charge is 0.222 e. The molecule has 1 aromatic carbocycles. The Hall–Kier alpha value is -1.68. The summed E-state index contributed by atoms with van der Waals surface area (Å²) in [4.78, 5) is 16.6. The van der Waals surface area contributed by atoms with E-state index in [4.69, 9.17) is 0 Å². The summed E-state index contributed by atoms with van der Waals surface area (Å²) in [7, 11) is 0. The normalized spacial score (nSPS) is 19.0. The predicted molar refractivity (Wildman–Crippen MR) is 91.5 cm³/mol. The number of carbonyl (C=O) groups is 1. The van der Waals surface area contributed by atoms with Gasteiger partial charge in [0.2, 0.25) is 5.91 Å². The van der Waals surface area contributed by atoms with Gasteiger partial charge in [-0.25, -0.2) is 4.39 Å². The summed E-state index contributed by atoms with van der Waals surface area (Å²) in [5.41, 5.74) is 1.74. The molecule has 1 aromatic rings. The highest BCUT2D eigenvalue weighted by atomic mass is 19.1. The summed E-state index contributed by atoms with van der Waals surface area (Å²) < 4.78 is 13.8. The van der Waals surface area contributed by atoms with E-state index in [0.717, 1.165) is 31.5 Å². The van der Waals surface area contributed by atoms with Crippen LogP contribution in [0.1, 0.15) is 38.7 Å².